The van der Waals surface area contributed by atoms with Crippen LogP contribution in [0.25, 0.3) is 5.65 Å². The lowest BCUT2D eigenvalue weighted by atomic mass is 10.5. The van der Waals surface area contributed by atoms with Crippen LogP contribution < -0.4 is 0 Å². The van der Waals surface area contributed by atoms with E-state index in [2.05, 4.69) is 18.3 Å². The van der Waals surface area contributed by atoms with Gasteiger partial charge in [0, 0.05) is 18.6 Å². The molecular weight excluding hydrogens is 167 g/mol. The maximum absolute atomic E-state index is 4.08. The molecule has 12 heavy (non-hydrogen) atoms. The number of rotatable bonds is 0. The zero-order valence-electron chi connectivity index (χ0n) is 7.36. The summed E-state index contributed by atoms with van der Waals surface area (Å²) in [6, 6.07) is 5.93. The molecule has 3 heteroatoms. The van der Waals surface area contributed by atoms with Crippen LogP contribution in [0.4, 0.5) is 0 Å². The summed E-state index contributed by atoms with van der Waals surface area (Å²) in [6.07, 6.45) is 5.69. The van der Waals surface area contributed by atoms with Gasteiger partial charge in [0.05, 0.1) is 0 Å². The Bertz CT molecular complexity index is 300. The highest BCUT2D eigenvalue weighted by molar-refractivity contribution is 7.35. The summed E-state index contributed by atoms with van der Waals surface area (Å²) in [5.41, 5.74) is 0.998. The van der Waals surface area contributed by atoms with Crippen molar-refractivity contribution >= 4 is 14.2 Å². The SMILES string of the molecule is CPC.c1ccn2ccnc2c1. The largest absolute Gasteiger partial charge is 0.307 e. The summed E-state index contributed by atoms with van der Waals surface area (Å²) in [4.78, 5) is 4.08. The van der Waals surface area contributed by atoms with Crippen molar-refractivity contribution in [3.05, 3.63) is 36.8 Å². The summed E-state index contributed by atoms with van der Waals surface area (Å²) in [6.45, 7) is 4.31. The fourth-order valence-corrected chi connectivity index (χ4v) is 0.864. The van der Waals surface area contributed by atoms with Gasteiger partial charge < -0.3 is 4.40 Å². The lowest BCUT2D eigenvalue weighted by Gasteiger charge is -1.86. The molecule has 0 aromatic carbocycles. The average molecular weight is 180 g/mol. The van der Waals surface area contributed by atoms with Gasteiger partial charge >= 0.3 is 0 Å². The Balaban J connectivity index is 0.000000213. The van der Waals surface area contributed by atoms with Crippen LogP contribution in [0.1, 0.15) is 0 Å². The van der Waals surface area contributed by atoms with Crippen LogP contribution in [0.2, 0.25) is 0 Å². The van der Waals surface area contributed by atoms with Gasteiger partial charge in [-0.05, 0) is 25.5 Å². The van der Waals surface area contributed by atoms with Crippen LogP contribution in [0.3, 0.4) is 0 Å². The van der Waals surface area contributed by atoms with Crippen molar-refractivity contribution in [3.63, 3.8) is 0 Å². The first-order chi connectivity index (χ1) is 5.88. The number of hydrogen-bond acceptors (Lipinski definition) is 1. The zero-order chi connectivity index (χ0) is 8.81. The average Bonchev–Trinajstić information content (AvgIpc) is 2.52. The fraction of sp³-hybridized carbons (Fsp3) is 0.222. The summed E-state index contributed by atoms with van der Waals surface area (Å²) in [5, 5.41) is 0. The van der Waals surface area contributed by atoms with Crippen LogP contribution in [-0.4, -0.2) is 22.7 Å². The maximum Gasteiger partial charge on any atom is 0.136 e. The smallest absolute Gasteiger partial charge is 0.136 e. The third-order valence-electron chi connectivity index (χ3n) is 1.30. The molecular formula is C9H13N2P. The molecule has 0 unspecified atom stereocenters. The number of fused-ring (bicyclic) bond motifs is 1. The minimum absolute atomic E-state index is 0.998. The van der Waals surface area contributed by atoms with E-state index in [0.717, 1.165) is 14.2 Å². The van der Waals surface area contributed by atoms with E-state index in [4.69, 9.17) is 0 Å². The van der Waals surface area contributed by atoms with Gasteiger partial charge in [0.25, 0.3) is 0 Å². The highest BCUT2D eigenvalue weighted by Gasteiger charge is 1.85. The van der Waals surface area contributed by atoms with Gasteiger partial charge in [-0.3, -0.25) is 0 Å². The number of pyridine rings is 1. The van der Waals surface area contributed by atoms with Gasteiger partial charge in [-0.25, -0.2) is 4.98 Å². The second-order valence-electron chi connectivity index (χ2n) is 2.39. The van der Waals surface area contributed by atoms with Crippen molar-refractivity contribution in [3.8, 4) is 0 Å². The second-order valence-corrected chi connectivity index (χ2v) is 3.39. The molecule has 2 heterocycles. The molecule has 0 bridgehead atoms. The van der Waals surface area contributed by atoms with Gasteiger partial charge in [-0.15, -0.1) is 8.58 Å². The zero-order valence-corrected chi connectivity index (χ0v) is 8.36. The van der Waals surface area contributed by atoms with E-state index in [1.165, 1.54) is 0 Å². The van der Waals surface area contributed by atoms with E-state index in [-0.39, 0.29) is 0 Å². The van der Waals surface area contributed by atoms with E-state index in [1.807, 2.05) is 35.0 Å². The molecule has 2 aromatic rings. The minimum atomic E-state index is 0.998. The first-order valence-electron chi connectivity index (χ1n) is 3.84. The molecule has 2 rings (SSSR count). The lowest BCUT2D eigenvalue weighted by Crippen LogP contribution is -1.77. The van der Waals surface area contributed by atoms with E-state index < -0.39 is 0 Å². The Morgan fingerprint density at radius 3 is 2.67 bits per heavy atom. The van der Waals surface area contributed by atoms with Crippen LogP contribution in [0.15, 0.2) is 36.8 Å². The van der Waals surface area contributed by atoms with Crippen LogP contribution in [-0.2, 0) is 0 Å². The molecule has 0 atom stereocenters. The molecule has 0 aliphatic carbocycles. The van der Waals surface area contributed by atoms with Crippen molar-refractivity contribution in [2.24, 2.45) is 0 Å². The third kappa shape index (κ3) is 2.31. The number of hydrogen-bond donors (Lipinski definition) is 0. The van der Waals surface area contributed by atoms with Crippen molar-refractivity contribution in [2.75, 3.05) is 13.3 Å². The predicted octanol–water partition coefficient (Wildman–Crippen LogP) is 2.26. The predicted molar refractivity (Wildman–Crippen MR) is 55.4 cm³/mol. The lowest BCUT2D eigenvalue weighted by molar-refractivity contribution is 1.19. The Morgan fingerprint density at radius 2 is 2.00 bits per heavy atom. The van der Waals surface area contributed by atoms with Crippen LogP contribution >= 0.6 is 8.58 Å². The van der Waals surface area contributed by atoms with E-state index in [1.54, 1.807) is 6.20 Å². The first kappa shape index (κ1) is 9.21. The Hall–Kier alpha value is -0.880. The monoisotopic (exact) mass is 180 g/mol. The summed E-state index contributed by atoms with van der Waals surface area (Å²) >= 11 is 0. The molecule has 0 radical (unpaired) electrons. The quantitative estimate of drug-likeness (QED) is 0.568. The Labute approximate surface area is 74.4 Å². The highest BCUT2D eigenvalue weighted by Crippen LogP contribution is 1.96. The number of aromatic nitrogens is 2. The van der Waals surface area contributed by atoms with Gasteiger partial charge in [0.15, 0.2) is 0 Å². The molecule has 0 N–H and O–H groups in total. The summed E-state index contributed by atoms with van der Waals surface area (Å²) < 4.78 is 1.97. The van der Waals surface area contributed by atoms with E-state index in [0.29, 0.717) is 0 Å². The highest BCUT2D eigenvalue weighted by atomic mass is 31.1. The van der Waals surface area contributed by atoms with Crippen molar-refractivity contribution in [1.29, 1.82) is 0 Å². The van der Waals surface area contributed by atoms with E-state index >= 15 is 0 Å². The van der Waals surface area contributed by atoms with Gasteiger partial charge in [-0.2, -0.15) is 0 Å². The first-order valence-corrected chi connectivity index (χ1v) is 5.84. The molecule has 0 saturated heterocycles. The molecule has 0 fully saturated rings. The normalized spacial score (nSPS) is 9.17. The van der Waals surface area contributed by atoms with Gasteiger partial charge in [0.2, 0.25) is 0 Å². The van der Waals surface area contributed by atoms with Crippen molar-refractivity contribution in [2.45, 2.75) is 0 Å². The molecule has 2 aromatic heterocycles. The summed E-state index contributed by atoms with van der Waals surface area (Å²) in [7, 11) is 1.08. The topological polar surface area (TPSA) is 17.3 Å². The maximum atomic E-state index is 4.08. The number of nitrogens with zero attached hydrogens (tertiary/aromatic N) is 2. The molecule has 2 nitrogen and oxygen atoms in total. The van der Waals surface area contributed by atoms with Crippen molar-refractivity contribution in [1.82, 2.24) is 9.38 Å². The number of imidazole rings is 1. The fourth-order valence-electron chi connectivity index (χ4n) is 0.864. The van der Waals surface area contributed by atoms with Gasteiger partial charge in [0.1, 0.15) is 5.65 Å². The van der Waals surface area contributed by atoms with Crippen LogP contribution in [0, 0.1) is 0 Å². The standard InChI is InChI=1S/C7H6N2.C2H7P/c1-2-5-9-6-4-8-7(9)3-1;1-3-2/h1-6H;3H,1-2H3. The summed E-state index contributed by atoms with van der Waals surface area (Å²) in [5.74, 6) is 0. The second kappa shape index (κ2) is 4.89. The Kier molecular flexibility index (Phi) is 3.75. The van der Waals surface area contributed by atoms with Crippen molar-refractivity contribution < 1.29 is 0 Å². The van der Waals surface area contributed by atoms with E-state index in [9.17, 15) is 0 Å². The minimum Gasteiger partial charge on any atom is -0.307 e. The molecule has 0 amide bonds. The molecule has 0 aliphatic heterocycles. The Morgan fingerprint density at radius 1 is 1.25 bits per heavy atom. The van der Waals surface area contributed by atoms with Gasteiger partial charge in [-0.1, -0.05) is 6.07 Å². The van der Waals surface area contributed by atoms with Crippen LogP contribution in [0.5, 0.6) is 0 Å². The molecule has 0 saturated carbocycles. The molecule has 0 aliphatic rings. The molecule has 0 spiro atoms. The third-order valence-corrected chi connectivity index (χ3v) is 1.30. The molecule has 64 valence electrons.